The summed E-state index contributed by atoms with van der Waals surface area (Å²) in [5.41, 5.74) is 0. The monoisotopic (exact) mass is 198 g/mol. The van der Waals surface area contributed by atoms with Crippen LogP contribution in [0.1, 0.15) is 26.7 Å². The third kappa shape index (κ3) is 1.81. The predicted octanol–water partition coefficient (Wildman–Crippen LogP) is 0.536. The van der Waals surface area contributed by atoms with Gasteiger partial charge in [-0.2, -0.15) is 0 Å². The molecule has 1 N–H and O–H groups in total. The van der Waals surface area contributed by atoms with Gasteiger partial charge in [0.2, 0.25) is 0 Å². The van der Waals surface area contributed by atoms with Gasteiger partial charge in [-0.05, 0) is 26.7 Å². The number of aliphatic hydroxyl groups excluding tert-OH is 1. The van der Waals surface area contributed by atoms with Crippen LogP contribution in [0.15, 0.2) is 0 Å². The second kappa shape index (κ2) is 4.17. The van der Waals surface area contributed by atoms with Crippen molar-refractivity contribution in [1.29, 1.82) is 0 Å². The van der Waals surface area contributed by atoms with Crippen molar-refractivity contribution in [3.05, 3.63) is 0 Å². The van der Waals surface area contributed by atoms with E-state index in [1.54, 1.807) is 0 Å². The third-order valence-electron chi connectivity index (χ3n) is 3.63. The van der Waals surface area contributed by atoms with E-state index in [2.05, 4.69) is 23.6 Å². The van der Waals surface area contributed by atoms with E-state index in [-0.39, 0.29) is 0 Å². The van der Waals surface area contributed by atoms with Gasteiger partial charge in [-0.15, -0.1) is 0 Å². The molecule has 2 unspecified atom stereocenters. The van der Waals surface area contributed by atoms with Crippen LogP contribution in [0.5, 0.6) is 0 Å². The molecule has 0 aromatic rings. The van der Waals surface area contributed by atoms with Crippen LogP contribution in [0.3, 0.4) is 0 Å². The Kier molecular flexibility index (Phi) is 3.10. The zero-order valence-electron chi connectivity index (χ0n) is 9.32. The first-order chi connectivity index (χ1) is 6.72. The molecule has 82 valence electrons. The van der Waals surface area contributed by atoms with E-state index < -0.39 is 0 Å². The van der Waals surface area contributed by atoms with E-state index >= 15 is 0 Å². The summed E-state index contributed by atoms with van der Waals surface area (Å²) in [5.74, 6) is 0. The van der Waals surface area contributed by atoms with Gasteiger partial charge in [0.05, 0.1) is 6.61 Å². The minimum atomic E-state index is 0.307. The average molecular weight is 198 g/mol. The van der Waals surface area contributed by atoms with Crippen LogP contribution in [-0.2, 0) is 0 Å². The highest BCUT2D eigenvalue weighted by Gasteiger charge is 2.40. The molecular weight excluding hydrogens is 176 g/mol. The van der Waals surface area contributed by atoms with Crippen LogP contribution >= 0.6 is 0 Å². The molecule has 0 aromatic carbocycles. The molecule has 2 atom stereocenters. The highest BCUT2D eigenvalue weighted by Crippen LogP contribution is 2.31. The minimum Gasteiger partial charge on any atom is -0.395 e. The van der Waals surface area contributed by atoms with Crippen molar-refractivity contribution in [3.63, 3.8) is 0 Å². The van der Waals surface area contributed by atoms with Gasteiger partial charge < -0.3 is 5.11 Å². The number of fused-ring (bicyclic) bond motifs is 2. The van der Waals surface area contributed by atoms with Gasteiger partial charge in [-0.1, -0.05) is 0 Å². The molecule has 2 fully saturated rings. The lowest BCUT2D eigenvalue weighted by Gasteiger charge is -2.43. The lowest BCUT2D eigenvalue weighted by molar-refractivity contribution is 0.0361. The van der Waals surface area contributed by atoms with Crippen LogP contribution < -0.4 is 0 Å². The van der Waals surface area contributed by atoms with Gasteiger partial charge in [-0.3, -0.25) is 9.80 Å². The maximum Gasteiger partial charge on any atom is 0.0558 e. The van der Waals surface area contributed by atoms with E-state index in [4.69, 9.17) is 5.11 Å². The molecule has 2 saturated heterocycles. The number of aliphatic hydroxyl groups is 1. The van der Waals surface area contributed by atoms with Crippen LogP contribution in [0, 0.1) is 0 Å². The second-order valence-corrected chi connectivity index (χ2v) is 4.91. The summed E-state index contributed by atoms with van der Waals surface area (Å²) in [5, 5.41) is 8.93. The number of piperazine rings is 1. The molecule has 0 amide bonds. The SMILES string of the molecule is CC(C)N1C2CCC1CN(CCO)C2. The maximum absolute atomic E-state index is 8.93. The molecule has 0 aliphatic carbocycles. The Hall–Kier alpha value is -0.120. The largest absolute Gasteiger partial charge is 0.395 e. The highest BCUT2D eigenvalue weighted by atomic mass is 16.3. The summed E-state index contributed by atoms with van der Waals surface area (Å²) in [6.45, 7) is 8.09. The van der Waals surface area contributed by atoms with Crippen LogP contribution in [0.4, 0.5) is 0 Å². The summed E-state index contributed by atoms with van der Waals surface area (Å²) in [6, 6.07) is 2.18. The molecule has 2 bridgehead atoms. The summed E-state index contributed by atoms with van der Waals surface area (Å²) in [4.78, 5) is 5.09. The number of nitrogens with zero attached hydrogens (tertiary/aromatic N) is 2. The molecule has 2 aliphatic rings. The van der Waals surface area contributed by atoms with E-state index in [9.17, 15) is 0 Å². The third-order valence-corrected chi connectivity index (χ3v) is 3.63. The van der Waals surface area contributed by atoms with Crippen LogP contribution in [0.25, 0.3) is 0 Å². The Labute approximate surface area is 86.7 Å². The first-order valence-corrected chi connectivity index (χ1v) is 5.83. The van der Waals surface area contributed by atoms with E-state index in [0.29, 0.717) is 12.6 Å². The normalized spacial score (nSPS) is 34.3. The fourth-order valence-corrected chi connectivity index (χ4v) is 3.19. The Bertz CT molecular complexity index is 182. The molecular formula is C11H22N2O. The van der Waals surface area contributed by atoms with E-state index in [1.165, 1.54) is 12.8 Å². The zero-order valence-corrected chi connectivity index (χ0v) is 9.32. The topological polar surface area (TPSA) is 26.7 Å². The number of β-amino-alcohol motifs (C(OH)–C–C–N with tert-alkyl or cyclic N) is 1. The zero-order chi connectivity index (χ0) is 10.1. The van der Waals surface area contributed by atoms with Crippen LogP contribution in [-0.4, -0.2) is 59.3 Å². The highest BCUT2D eigenvalue weighted by molar-refractivity contribution is 4.96. The molecule has 2 aliphatic heterocycles. The standard InChI is InChI=1S/C11H22N2O/c1-9(2)13-10-3-4-11(13)8-12(7-10)5-6-14/h9-11,14H,3-8H2,1-2H3. The molecule has 0 saturated carbocycles. The van der Waals surface area contributed by atoms with Crippen molar-refractivity contribution < 1.29 is 5.11 Å². The summed E-state index contributed by atoms with van der Waals surface area (Å²) in [7, 11) is 0. The molecule has 0 aromatic heterocycles. The van der Waals surface area contributed by atoms with Crippen molar-refractivity contribution in [2.24, 2.45) is 0 Å². The first-order valence-electron chi connectivity index (χ1n) is 5.83. The molecule has 0 radical (unpaired) electrons. The number of likely N-dealkylation sites (tertiary alicyclic amines) is 1. The van der Waals surface area contributed by atoms with Gasteiger partial charge in [0, 0.05) is 37.8 Å². The molecule has 3 heteroatoms. The second-order valence-electron chi connectivity index (χ2n) is 4.91. The van der Waals surface area contributed by atoms with Crippen molar-refractivity contribution in [3.8, 4) is 0 Å². The molecule has 2 heterocycles. The quantitative estimate of drug-likeness (QED) is 0.717. The summed E-state index contributed by atoms with van der Waals surface area (Å²) >= 11 is 0. The Morgan fingerprint density at radius 3 is 2.21 bits per heavy atom. The number of hydrogen-bond donors (Lipinski definition) is 1. The van der Waals surface area contributed by atoms with Gasteiger partial charge >= 0.3 is 0 Å². The fourth-order valence-electron chi connectivity index (χ4n) is 3.19. The van der Waals surface area contributed by atoms with Gasteiger partial charge in [-0.25, -0.2) is 0 Å². The summed E-state index contributed by atoms with van der Waals surface area (Å²) < 4.78 is 0. The van der Waals surface area contributed by atoms with Crippen LogP contribution in [0.2, 0.25) is 0 Å². The molecule has 2 rings (SSSR count). The van der Waals surface area contributed by atoms with Crippen molar-refractivity contribution in [2.75, 3.05) is 26.2 Å². The Morgan fingerprint density at radius 2 is 1.79 bits per heavy atom. The first kappa shape index (κ1) is 10.4. The summed E-state index contributed by atoms with van der Waals surface area (Å²) in [6.07, 6.45) is 2.70. The van der Waals surface area contributed by atoms with Crippen molar-refractivity contribution >= 4 is 0 Å². The molecule has 14 heavy (non-hydrogen) atoms. The Morgan fingerprint density at radius 1 is 1.21 bits per heavy atom. The number of rotatable bonds is 3. The van der Waals surface area contributed by atoms with Crippen molar-refractivity contribution in [1.82, 2.24) is 9.80 Å². The average Bonchev–Trinajstić information content (AvgIpc) is 2.39. The maximum atomic E-state index is 8.93. The van der Waals surface area contributed by atoms with Crippen molar-refractivity contribution in [2.45, 2.75) is 44.8 Å². The molecule has 0 spiro atoms. The lowest BCUT2D eigenvalue weighted by Crippen LogP contribution is -2.56. The smallest absolute Gasteiger partial charge is 0.0558 e. The van der Waals surface area contributed by atoms with Gasteiger partial charge in [0.15, 0.2) is 0 Å². The van der Waals surface area contributed by atoms with E-state index in [0.717, 1.165) is 31.7 Å². The van der Waals surface area contributed by atoms with Gasteiger partial charge in [0.25, 0.3) is 0 Å². The number of hydrogen-bond acceptors (Lipinski definition) is 3. The fraction of sp³-hybridized carbons (Fsp3) is 1.00. The Balaban J connectivity index is 1.97. The van der Waals surface area contributed by atoms with Gasteiger partial charge in [0.1, 0.15) is 0 Å². The lowest BCUT2D eigenvalue weighted by atomic mass is 10.1. The predicted molar refractivity (Wildman–Crippen MR) is 57.3 cm³/mol. The minimum absolute atomic E-state index is 0.307. The van der Waals surface area contributed by atoms with E-state index in [1.807, 2.05) is 0 Å². The molecule has 3 nitrogen and oxygen atoms in total.